The van der Waals surface area contributed by atoms with E-state index in [0.717, 1.165) is 44.2 Å². The third-order valence-electron chi connectivity index (χ3n) is 11.4. The molecule has 0 aromatic rings. The highest BCUT2D eigenvalue weighted by Crippen LogP contribution is 2.66. The van der Waals surface area contributed by atoms with E-state index in [1.165, 1.54) is 31.3 Å². The van der Waals surface area contributed by atoms with Crippen LogP contribution in [0.15, 0.2) is 16.8 Å². The van der Waals surface area contributed by atoms with Gasteiger partial charge < -0.3 is 15.4 Å². The van der Waals surface area contributed by atoms with Crippen LogP contribution in [0, 0.1) is 34.5 Å². The van der Waals surface area contributed by atoms with E-state index < -0.39 is 6.09 Å². The second-order valence-corrected chi connectivity index (χ2v) is 13.9. The molecule has 5 aliphatic rings. The van der Waals surface area contributed by atoms with Crippen molar-refractivity contribution in [1.82, 2.24) is 10.6 Å². The molecular weight excluding hydrogens is 506 g/mol. The lowest BCUT2D eigenvalue weighted by molar-refractivity contribution is -0.149. The maximum absolute atomic E-state index is 12.4. The largest absolute Gasteiger partial charge is 0.462 e. The van der Waals surface area contributed by atoms with Crippen molar-refractivity contribution in [1.29, 1.82) is 0 Å². The zero-order valence-corrected chi connectivity index (χ0v) is 25.1. The maximum Gasteiger partial charge on any atom is 0.433 e. The van der Waals surface area contributed by atoms with E-state index in [1.54, 1.807) is 0 Å². The van der Waals surface area contributed by atoms with Gasteiger partial charge in [0.1, 0.15) is 6.04 Å². The lowest BCUT2D eigenvalue weighted by Gasteiger charge is -2.58. The number of fused-ring (bicyclic) bond motifs is 5. The Balaban J connectivity index is 1.11. The van der Waals surface area contributed by atoms with Gasteiger partial charge >= 0.3 is 12.1 Å². The monoisotopic (exact) mass is 555 g/mol. The van der Waals surface area contributed by atoms with Crippen molar-refractivity contribution >= 4 is 23.6 Å². The quantitative estimate of drug-likeness (QED) is 0.181. The van der Waals surface area contributed by atoms with Crippen molar-refractivity contribution in [3.8, 4) is 0 Å². The van der Waals surface area contributed by atoms with E-state index in [4.69, 9.17) is 9.57 Å². The summed E-state index contributed by atoms with van der Waals surface area (Å²) in [6.07, 6.45) is 12.3. The van der Waals surface area contributed by atoms with Crippen LogP contribution in [0.4, 0.5) is 4.79 Å². The number of carbonyl (C=O) groups excluding carboxylic acids is 3. The average Bonchev–Trinajstić information content (AvgIpc) is 3.52. The molecule has 8 heteroatoms. The van der Waals surface area contributed by atoms with E-state index in [2.05, 4.69) is 29.6 Å². The van der Waals surface area contributed by atoms with Crippen molar-refractivity contribution in [2.24, 2.45) is 39.7 Å². The number of nitrogens with one attached hydrogen (secondary N) is 2. The smallest absolute Gasteiger partial charge is 0.433 e. The highest BCUT2D eigenvalue weighted by molar-refractivity contribution is 5.91. The Morgan fingerprint density at radius 2 is 1.88 bits per heavy atom. The second kappa shape index (κ2) is 11.6. The Bertz CT molecular complexity index is 1070. The molecule has 0 aromatic carbocycles. The summed E-state index contributed by atoms with van der Waals surface area (Å²) in [6.45, 7) is 11.1. The van der Waals surface area contributed by atoms with Gasteiger partial charge in [-0.05, 0) is 120 Å². The maximum atomic E-state index is 12.4. The third kappa shape index (κ3) is 5.62. The Labute approximate surface area is 239 Å². The van der Waals surface area contributed by atoms with Crippen LogP contribution in [0.25, 0.3) is 0 Å². The SMILES string of the molecule is C/C(=N\OC(=O)NCCC1CCC(C(=O)OC(C)C)N1)[C@H]1CC[C@H]2[C@@H]3CCC4=CC(=O)CC[C@]4(C)[C@H]3CC[C@]12C. The lowest BCUT2D eigenvalue weighted by Crippen LogP contribution is -2.51. The molecular formula is C32H49N3O5. The number of amides is 1. The number of rotatable bonds is 7. The van der Waals surface area contributed by atoms with Gasteiger partial charge in [0.05, 0.1) is 11.8 Å². The van der Waals surface area contributed by atoms with Crippen LogP contribution in [0.2, 0.25) is 0 Å². The molecule has 5 rings (SSSR count). The van der Waals surface area contributed by atoms with E-state index in [1.807, 2.05) is 26.8 Å². The van der Waals surface area contributed by atoms with Crippen LogP contribution in [0.1, 0.15) is 105 Å². The molecule has 4 aliphatic carbocycles. The standard InChI is InChI=1S/C32H49N3O5/c1-19(2)39-29(37)28-11-7-22(34-28)14-17-33-30(38)40-35-20(3)25-9-10-26-24-8-6-21-18-23(36)12-15-31(21,4)27(24)13-16-32(25,26)5/h18-19,22,24-28,34H,6-17H2,1-5H3,(H,33,38)/b35-20+/t22?,24-,25+,26-,27-,28?,31-,32+/m0/s1. The van der Waals surface area contributed by atoms with Crippen LogP contribution in [-0.4, -0.2) is 48.3 Å². The lowest BCUT2D eigenvalue weighted by atomic mass is 9.46. The minimum absolute atomic E-state index is 0.118. The summed E-state index contributed by atoms with van der Waals surface area (Å²) in [7, 11) is 0. The molecule has 40 heavy (non-hydrogen) atoms. The molecule has 1 heterocycles. The minimum Gasteiger partial charge on any atom is -0.462 e. The predicted molar refractivity (Wildman–Crippen MR) is 154 cm³/mol. The highest BCUT2D eigenvalue weighted by Gasteiger charge is 2.59. The number of hydrogen-bond acceptors (Lipinski definition) is 7. The summed E-state index contributed by atoms with van der Waals surface area (Å²) in [6, 6.07) is -0.0939. The number of nitrogens with zero attached hydrogens (tertiary/aromatic N) is 1. The number of esters is 1. The molecule has 2 unspecified atom stereocenters. The summed E-state index contributed by atoms with van der Waals surface area (Å²) in [5.41, 5.74) is 2.70. The first kappa shape index (κ1) is 29.3. The highest BCUT2D eigenvalue weighted by atomic mass is 16.7. The molecule has 0 radical (unpaired) electrons. The molecule has 0 aromatic heterocycles. The van der Waals surface area contributed by atoms with Gasteiger partial charge in [-0.2, -0.15) is 0 Å². The molecule has 8 atom stereocenters. The van der Waals surface area contributed by atoms with Crippen LogP contribution in [0.5, 0.6) is 0 Å². The van der Waals surface area contributed by atoms with Gasteiger partial charge in [0.2, 0.25) is 0 Å². The van der Waals surface area contributed by atoms with E-state index in [9.17, 15) is 14.4 Å². The summed E-state index contributed by atoms with van der Waals surface area (Å²) in [5.74, 6) is 2.47. The summed E-state index contributed by atoms with van der Waals surface area (Å²) >= 11 is 0. The Morgan fingerprint density at radius 1 is 1.07 bits per heavy atom. The topological polar surface area (TPSA) is 106 Å². The first-order valence-corrected chi connectivity index (χ1v) is 15.7. The Kier molecular flexibility index (Phi) is 8.47. The Hall–Kier alpha value is -2.22. The zero-order valence-electron chi connectivity index (χ0n) is 25.1. The zero-order chi connectivity index (χ0) is 28.7. The summed E-state index contributed by atoms with van der Waals surface area (Å²) < 4.78 is 5.30. The third-order valence-corrected chi connectivity index (χ3v) is 11.4. The molecule has 0 spiro atoms. The van der Waals surface area contributed by atoms with Crippen molar-refractivity contribution in [2.45, 2.75) is 123 Å². The van der Waals surface area contributed by atoms with Crippen LogP contribution in [-0.2, 0) is 19.2 Å². The normalized spacial score (nSPS) is 39.2. The molecule has 2 N–H and O–H groups in total. The molecule has 222 valence electrons. The van der Waals surface area contributed by atoms with Crippen molar-refractivity contribution in [3.63, 3.8) is 0 Å². The van der Waals surface area contributed by atoms with Crippen LogP contribution < -0.4 is 10.6 Å². The Morgan fingerprint density at radius 3 is 2.65 bits per heavy atom. The van der Waals surface area contributed by atoms with Gasteiger partial charge in [0, 0.05) is 24.9 Å². The van der Waals surface area contributed by atoms with Crippen molar-refractivity contribution in [2.75, 3.05) is 6.54 Å². The number of ether oxygens (including phenoxy) is 1. The molecule has 1 saturated heterocycles. The van der Waals surface area contributed by atoms with Crippen LogP contribution in [0.3, 0.4) is 0 Å². The number of oxime groups is 1. The first-order chi connectivity index (χ1) is 19.0. The van der Waals surface area contributed by atoms with Crippen LogP contribution >= 0.6 is 0 Å². The fourth-order valence-electron chi connectivity index (χ4n) is 9.35. The average molecular weight is 556 g/mol. The van der Waals surface area contributed by atoms with Gasteiger partial charge in [0.15, 0.2) is 5.78 Å². The number of ketones is 1. The minimum atomic E-state index is -0.525. The number of carbonyl (C=O) groups is 3. The van der Waals surface area contributed by atoms with Crippen molar-refractivity contribution < 1.29 is 24.0 Å². The van der Waals surface area contributed by atoms with Gasteiger partial charge in [-0.3, -0.25) is 14.4 Å². The molecule has 3 saturated carbocycles. The molecule has 1 amide bonds. The summed E-state index contributed by atoms with van der Waals surface area (Å²) in [4.78, 5) is 41.9. The fraction of sp³-hybridized carbons (Fsp3) is 0.812. The fourth-order valence-corrected chi connectivity index (χ4v) is 9.35. The molecule has 8 nitrogen and oxygen atoms in total. The van der Waals surface area contributed by atoms with E-state index >= 15 is 0 Å². The molecule has 4 fully saturated rings. The van der Waals surface area contributed by atoms with E-state index in [0.29, 0.717) is 42.4 Å². The van der Waals surface area contributed by atoms with Gasteiger partial charge in [-0.1, -0.05) is 24.6 Å². The van der Waals surface area contributed by atoms with Gasteiger partial charge in [-0.15, -0.1) is 0 Å². The number of hydrogen-bond donors (Lipinski definition) is 2. The van der Waals surface area contributed by atoms with Gasteiger partial charge in [0.25, 0.3) is 0 Å². The van der Waals surface area contributed by atoms with E-state index in [-0.39, 0.29) is 35.0 Å². The first-order valence-electron chi connectivity index (χ1n) is 15.7. The van der Waals surface area contributed by atoms with Gasteiger partial charge in [-0.25, -0.2) is 4.79 Å². The molecule has 0 bridgehead atoms. The number of allylic oxidation sites excluding steroid dienone is 1. The van der Waals surface area contributed by atoms with Crippen molar-refractivity contribution in [3.05, 3.63) is 11.6 Å². The summed E-state index contributed by atoms with van der Waals surface area (Å²) in [5, 5.41) is 10.5. The molecule has 1 aliphatic heterocycles. The predicted octanol–water partition coefficient (Wildman–Crippen LogP) is 5.70. The second-order valence-electron chi connectivity index (χ2n) is 13.9.